The van der Waals surface area contributed by atoms with Gasteiger partial charge in [-0.05, 0) is 6.07 Å². The maximum atomic E-state index is 12.7. The average molecular weight is 239 g/mol. The van der Waals surface area contributed by atoms with Gasteiger partial charge in [-0.3, -0.25) is 0 Å². The van der Waals surface area contributed by atoms with Crippen molar-refractivity contribution in [2.24, 2.45) is 5.92 Å². The zero-order valence-corrected chi connectivity index (χ0v) is 8.90. The fourth-order valence-corrected chi connectivity index (χ4v) is 2.16. The van der Waals surface area contributed by atoms with Crippen LogP contribution in [0.15, 0.2) is 18.5 Å². The minimum Gasteiger partial charge on any atom is -0.386 e. The summed E-state index contributed by atoms with van der Waals surface area (Å²) in [6.45, 7) is 0. The molecular weight excluding hydrogens is 228 g/mol. The van der Waals surface area contributed by atoms with E-state index >= 15 is 0 Å². The van der Waals surface area contributed by atoms with Gasteiger partial charge in [-0.25, -0.2) is 18.7 Å². The summed E-state index contributed by atoms with van der Waals surface area (Å²) in [5.74, 6) is -3.05. The summed E-state index contributed by atoms with van der Waals surface area (Å²) in [5.41, 5.74) is 1.62. The number of hydrogen-bond donors (Lipinski definition) is 2. The van der Waals surface area contributed by atoms with E-state index in [1.54, 1.807) is 12.3 Å². The second kappa shape index (κ2) is 3.46. The highest BCUT2D eigenvalue weighted by molar-refractivity contribution is 5.69. The van der Waals surface area contributed by atoms with Gasteiger partial charge in [0, 0.05) is 25.0 Å². The Hall–Kier alpha value is -1.56. The van der Waals surface area contributed by atoms with E-state index in [0.29, 0.717) is 16.9 Å². The number of rotatable bonds is 2. The van der Waals surface area contributed by atoms with E-state index in [2.05, 4.69) is 15.0 Å². The first-order valence-corrected chi connectivity index (χ1v) is 5.41. The molecule has 1 aliphatic carbocycles. The molecular formula is C11H11F2N3O. The molecule has 17 heavy (non-hydrogen) atoms. The molecule has 1 fully saturated rings. The fraction of sp³-hybridized carbons (Fsp3) is 0.455. The summed E-state index contributed by atoms with van der Waals surface area (Å²) >= 11 is 0. The number of aromatic nitrogens is 3. The number of nitrogens with zero attached hydrogens (tertiary/aromatic N) is 2. The molecule has 3 rings (SSSR count). The number of halogens is 2. The lowest BCUT2D eigenvalue weighted by atomic mass is 9.77. The topological polar surface area (TPSA) is 61.8 Å². The van der Waals surface area contributed by atoms with Crippen molar-refractivity contribution in [1.82, 2.24) is 15.0 Å². The van der Waals surface area contributed by atoms with Crippen LogP contribution in [0.2, 0.25) is 0 Å². The third-order valence-corrected chi connectivity index (χ3v) is 3.15. The molecule has 90 valence electrons. The first-order valence-electron chi connectivity index (χ1n) is 5.41. The van der Waals surface area contributed by atoms with Gasteiger partial charge in [0.2, 0.25) is 5.92 Å². The van der Waals surface area contributed by atoms with E-state index in [0.717, 1.165) is 0 Å². The van der Waals surface area contributed by atoms with Crippen molar-refractivity contribution < 1.29 is 13.9 Å². The Morgan fingerprint density at radius 1 is 1.47 bits per heavy atom. The van der Waals surface area contributed by atoms with Gasteiger partial charge in [-0.15, -0.1) is 0 Å². The molecule has 2 aromatic heterocycles. The predicted octanol–water partition coefficient (Wildman–Crippen LogP) is 2.04. The summed E-state index contributed by atoms with van der Waals surface area (Å²) in [7, 11) is 0. The molecule has 1 aliphatic rings. The third-order valence-electron chi connectivity index (χ3n) is 3.15. The van der Waals surface area contributed by atoms with Crippen LogP contribution in [-0.4, -0.2) is 26.0 Å². The van der Waals surface area contributed by atoms with Crippen molar-refractivity contribution in [3.8, 4) is 0 Å². The van der Waals surface area contributed by atoms with Gasteiger partial charge in [0.05, 0.1) is 11.9 Å². The first-order chi connectivity index (χ1) is 8.05. The number of aliphatic hydroxyl groups excluding tert-OH is 1. The van der Waals surface area contributed by atoms with Gasteiger partial charge in [0.1, 0.15) is 11.6 Å². The van der Waals surface area contributed by atoms with Crippen LogP contribution < -0.4 is 0 Å². The zero-order valence-electron chi connectivity index (χ0n) is 8.90. The molecule has 4 nitrogen and oxygen atoms in total. The van der Waals surface area contributed by atoms with E-state index in [1.165, 1.54) is 6.20 Å². The predicted molar refractivity (Wildman–Crippen MR) is 56.5 cm³/mol. The maximum Gasteiger partial charge on any atom is 0.248 e. The largest absolute Gasteiger partial charge is 0.386 e. The Labute approximate surface area is 95.7 Å². The van der Waals surface area contributed by atoms with E-state index in [9.17, 15) is 13.9 Å². The van der Waals surface area contributed by atoms with E-state index in [-0.39, 0.29) is 12.8 Å². The summed E-state index contributed by atoms with van der Waals surface area (Å²) < 4.78 is 25.4. The minimum absolute atomic E-state index is 0.277. The molecule has 2 heterocycles. The van der Waals surface area contributed by atoms with Gasteiger partial charge < -0.3 is 10.1 Å². The van der Waals surface area contributed by atoms with Crippen molar-refractivity contribution in [3.05, 3.63) is 24.2 Å². The molecule has 0 aliphatic heterocycles. The van der Waals surface area contributed by atoms with Gasteiger partial charge in [0.25, 0.3) is 0 Å². The first kappa shape index (κ1) is 10.6. The van der Waals surface area contributed by atoms with Crippen LogP contribution in [0.5, 0.6) is 0 Å². The number of aliphatic hydroxyl groups is 1. The SMILES string of the molecule is OC(c1cnc2[nH]ccc2n1)C1CC(F)(F)C1. The van der Waals surface area contributed by atoms with E-state index in [4.69, 9.17) is 0 Å². The van der Waals surface area contributed by atoms with Crippen molar-refractivity contribution in [2.75, 3.05) is 0 Å². The van der Waals surface area contributed by atoms with Crippen LogP contribution in [0, 0.1) is 5.92 Å². The second-order valence-corrected chi connectivity index (χ2v) is 4.48. The minimum atomic E-state index is -2.63. The molecule has 0 radical (unpaired) electrons. The summed E-state index contributed by atoms with van der Waals surface area (Å²) in [6, 6.07) is 1.73. The summed E-state index contributed by atoms with van der Waals surface area (Å²) in [4.78, 5) is 11.2. The van der Waals surface area contributed by atoms with Crippen LogP contribution >= 0.6 is 0 Å². The Bertz CT molecular complexity index is 546. The molecule has 2 N–H and O–H groups in total. The molecule has 1 saturated carbocycles. The molecule has 1 unspecified atom stereocenters. The third kappa shape index (κ3) is 1.78. The van der Waals surface area contributed by atoms with Crippen LogP contribution in [0.4, 0.5) is 8.78 Å². The Morgan fingerprint density at radius 3 is 2.94 bits per heavy atom. The Kier molecular flexibility index (Phi) is 2.16. The Morgan fingerprint density at radius 2 is 2.24 bits per heavy atom. The van der Waals surface area contributed by atoms with E-state index in [1.807, 2.05) is 0 Å². The maximum absolute atomic E-state index is 12.7. The second-order valence-electron chi connectivity index (χ2n) is 4.48. The van der Waals surface area contributed by atoms with Crippen molar-refractivity contribution in [2.45, 2.75) is 24.9 Å². The van der Waals surface area contributed by atoms with Crippen LogP contribution in [0.1, 0.15) is 24.6 Å². The van der Waals surface area contributed by atoms with Crippen molar-refractivity contribution in [3.63, 3.8) is 0 Å². The highest BCUT2D eigenvalue weighted by atomic mass is 19.3. The lowest BCUT2D eigenvalue weighted by molar-refractivity contribution is -0.143. The Balaban J connectivity index is 1.83. The fourth-order valence-electron chi connectivity index (χ4n) is 2.16. The zero-order chi connectivity index (χ0) is 12.0. The highest BCUT2D eigenvalue weighted by Crippen LogP contribution is 2.47. The molecule has 0 amide bonds. The van der Waals surface area contributed by atoms with Gasteiger partial charge >= 0.3 is 0 Å². The van der Waals surface area contributed by atoms with Gasteiger partial charge in [-0.2, -0.15) is 0 Å². The molecule has 0 bridgehead atoms. The molecule has 1 atom stereocenters. The lowest BCUT2D eigenvalue weighted by Gasteiger charge is -2.37. The number of alkyl halides is 2. The molecule has 0 saturated heterocycles. The van der Waals surface area contributed by atoms with E-state index < -0.39 is 17.9 Å². The molecule has 2 aromatic rings. The molecule has 0 aromatic carbocycles. The number of aromatic amines is 1. The summed E-state index contributed by atoms with van der Waals surface area (Å²) in [5, 5.41) is 9.92. The number of fused-ring (bicyclic) bond motifs is 1. The van der Waals surface area contributed by atoms with Crippen LogP contribution in [0.25, 0.3) is 11.2 Å². The number of hydrogen-bond acceptors (Lipinski definition) is 3. The molecule has 0 spiro atoms. The van der Waals surface area contributed by atoms with Crippen LogP contribution in [0.3, 0.4) is 0 Å². The quantitative estimate of drug-likeness (QED) is 0.843. The molecule has 6 heteroatoms. The summed E-state index contributed by atoms with van der Waals surface area (Å²) in [6.07, 6.45) is 1.61. The van der Waals surface area contributed by atoms with Gasteiger partial charge in [-0.1, -0.05) is 0 Å². The average Bonchev–Trinajstić information content (AvgIpc) is 2.71. The van der Waals surface area contributed by atoms with Crippen molar-refractivity contribution >= 4 is 11.2 Å². The normalized spacial score (nSPS) is 21.4. The lowest BCUT2D eigenvalue weighted by Crippen LogP contribution is -2.39. The van der Waals surface area contributed by atoms with Crippen molar-refractivity contribution in [1.29, 1.82) is 0 Å². The van der Waals surface area contributed by atoms with Crippen LogP contribution in [-0.2, 0) is 0 Å². The number of H-pyrrole nitrogens is 1. The standard InChI is InChI=1S/C11H11F2N3O/c12-11(13)3-6(4-11)9(17)8-5-15-10-7(16-8)1-2-14-10/h1-2,5-6,9,17H,3-4H2,(H,14,15). The monoisotopic (exact) mass is 239 g/mol. The van der Waals surface area contributed by atoms with Gasteiger partial charge in [0.15, 0.2) is 5.65 Å². The smallest absolute Gasteiger partial charge is 0.248 e. The highest BCUT2D eigenvalue weighted by Gasteiger charge is 2.48. The number of nitrogens with one attached hydrogen (secondary N) is 1.